The molecule has 0 aromatic rings. The van der Waals surface area contributed by atoms with Crippen LogP contribution in [0.1, 0.15) is 0 Å². The lowest BCUT2D eigenvalue weighted by atomic mass is 10.6. The van der Waals surface area contributed by atoms with Crippen molar-refractivity contribution in [3.8, 4) is 0 Å². The van der Waals surface area contributed by atoms with Crippen molar-refractivity contribution >= 4 is 16.7 Å². The van der Waals surface area contributed by atoms with Gasteiger partial charge in [0.1, 0.15) is 6.54 Å². The van der Waals surface area contributed by atoms with Crippen LogP contribution in [0.3, 0.4) is 0 Å². The standard InChI is InChI=1S/C5H11N2.C2H6O4S/c1-7(2)4-3-6-5-7;1-5-7(3,4)6-2/h5H,3-4H2,1-2H3;1-2H3/q+1;. The average Bonchev–Trinajstić information content (AvgIpc) is 2.51. The summed E-state index contributed by atoms with van der Waals surface area (Å²) in [6.45, 7) is 2.17. The van der Waals surface area contributed by atoms with Crippen molar-refractivity contribution in [2.75, 3.05) is 41.4 Å². The van der Waals surface area contributed by atoms with Gasteiger partial charge in [-0.1, -0.05) is 0 Å². The fourth-order valence-corrected chi connectivity index (χ4v) is 0.856. The van der Waals surface area contributed by atoms with Gasteiger partial charge in [-0.25, -0.2) is 4.99 Å². The lowest BCUT2D eigenvalue weighted by Gasteiger charge is -2.16. The Balaban J connectivity index is 0.000000241. The van der Waals surface area contributed by atoms with Crippen molar-refractivity contribution in [3.63, 3.8) is 0 Å². The van der Waals surface area contributed by atoms with E-state index in [4.69, 9.17) is 0 Å². The van der Waals surface area contributed by atoms with Gasteiger partial charge in [-0.2, -0.15) is 8.42 Å². The minimum Gasteiger partial charge on any atom is -0.285 e. The summed E-state index contributed by atoms with van der Waals surface area (Å²) >= 11 is 0. The fraction of sp³-hybridized carbons (Fsp3) is 0.857. The molecule has 84 valence electrons. The van der Waals surface area contributed by atoms with E-state index in [1.54, 1.807) is 0 Å². The van der Waals surface area contributed by atoms with E-state index in [-0.39, 0.29) is 0 Å². The van der Waals surface area contributed by atoms with E-state index in [0.29, 0.717) is 0 Å². The zero-order valence-corrected chi connectivity index (χ0v) is 9.74. The van der Waals surface area contributed by atoms with Gasteiger partial charge in [-0.15, -0.1) is 0 Å². The van der Waals surface area contributed by atoms with Gasteiger partial charge >= 0.3 is 10.4 Å². The first-order valence-corrected chi connectivity index (χ1v) is 5.36. The summed E-state index contributed by atoms with van der Waals surface area (Å²) in [6, 6.07) is 0. The summed E-state index contributed by atoms with van der Waals surface area (Å²) in [5.74, 6) is 0. The van der Waals surface area contributed by atoms with Crippen LogP contribution in [0.2, 0.25) is 0 Å². The topological polar surface area (TPSA) is 65.0 Å². The Morgan fingerprint density at radius 2 is 1.79 bits per heavy atom. The van der Waals surface area contributed by atoms with Crippen molar-refractivity contribution in [1.82, 2.24) is 0 Å². The molecule has 0 saturated carbocycles. The highest BCUT2D eigenvalue weighted by atomic mass is 32.3. The number of hydrogen-bond acceptors (Lipinski definition) is 5. The van der Waals surface area contributed by atoms with Gasteiger partial charge in [0, 0.05) is 0 Å². The Labute approximate surface area is 85.1 Å². The molecule has 0 amide bonds. The minimum absolute atomic E-state index is 0.958. The molecule has 0 radical (unpaired) electrons. The maximum absolute atomic E-state index is 9.92. The second-order valence-corrected chi connectivity index (χ2v) is 4.75. The summed E-state index contributed by atoms with van der Waals surface area (Å²) in [4.78, 5) is 4.08. The van der Waals surface area contributed by atoms with E-state index < -0.39 is 10.4 Å². The van der Waals surface area contributed by atoms with E-state index in [0.717, 1.165) is 25.2 Å². The number of rotatable bonds is 2. The van der Waals surface area contributed by atoms with Crippen LogP contribution in [-0.4, -0.2) is 60.6 Å². The first-order valence-electron chi connectivity index (χ1n) is 4.03. The average molecular weight is 225 g/mol. The molecule has 1 rings (SSSR count). The minimum atomic E-state index is -3.66. The summed E-state index contributed by atoms with van der Waals surface area (Å²) in [6.07, 6.45) is 1.99. The largest absolute Gasteiger partial charge is 0.399 e. The second-order valence-electron chi connectivity index (χ2n) is 3.27. The molecule has 1 heterocycles. The number of likely N-dealkylation sites (N-methyl/N-ethyl adjacent to an activating group) is 1. The molecule has 6 nitrogen and oxygen atoms in total. The quantitative estimate of drug-likeness (QED) is 0.601. The summed E-state index contributed by atoms with van der Waals surface area (Å²) in [7, 11) is 2.69. The molecule has 7 heteroatoms. The van der Waals surface area contributed by atoms with Crippen LogP contribution in [0.15, 0.2) is 4.99 Å². The van der Waals surface area contributed by atoms with Crippen LogP contribution >= 0.6 is 0 Å². The van der Waals surface area contributed by atoms with Gasteiger partial charge in [0.15, 0.2) is 6.34 Å². The monoisotopic (exact) mass is 225 g/mol. The first kappa shape index (κ1) is 13.5. The molecule has 1 aliphatic heterocycles. The maximum atomic E-state index is 9.92. The first-order chi connectivity index (χ1) is 6.33. The van der Waals surface area contributed by atoms with E-state index in [1.165, 1.54) is 6.54 Å². The van der Waals surface area contributed by atoms with Crippen molar-refractivity contribution in [2.45, 2.75) is 0 Å². The molecule has 0 aliphatic carbocycles. The third-order valence-electron chi connectivity index (χ3n) is 1.61. The summed E-state index contributed by atoms with van der Waals surface area (Å²) in [5.41, 5.74) is 0. The molecule has 14 heavy (non-hydrogen) atoms. The third kappa shape index (κ3) is 6.03. The van der Waals surface area contributed by atoms with E-state index >= 15 is 0 Å². The smallest absolute Gasteiger partial charge is 0.285 e. The molecular formula is C7H17N2O4S+. The van der Waals surface area contributed by atoms with Gasteiger partial charge in [0.25, 0.3) is 0 Å². The predicted octanol–water partition coefficient (Wildman–Crippen LogP) is -0.371. The van der Waals surface area contributed by atoms with Crippen LogP contribution in [0.25, 0.3) is 0 Å². The molecule has 0 spiro atoms. The summed E-state index contributed by atoms with van der Waals surface area (Å²) in [5, 5.41) is 0. The highest BCUT2D eigenvalue weighted by molar-refractivity contribution is 7.81. The van der Waals surface area contributed by atoms with Crippen molar-refractivity contribution in [2.24, 2.45) is 4.99 Å². The zero-order chi connectivity index (χ0) is 11.2. The van der Waals surface area contributed by atoms with Crippen LogP contribution in [0.5, 0.6) is 0 Å². The number of quaternary nitrogens is 1. The molecule has 1 aliphatic rings. The van der Waals surface area contributed by atoms with Crippen LogP contribution < -0.4 is 0 Å². The highest BCUT2D eigenvalue weighted by Crippen LogP contribution is 1.97. The van der Waals surface area contributed by atoms with Crippen LogP contribution in [0.4, 0.5) is 0 Å². The molecule has 0 N–H and O–H groups in total. The zero-order valence-electron chi connectivity index (χ0n) is 8.93. The van der Waals surface area contributed by atoms with Gasteiger partial charge < -0.3 is 0 Å². The molecule has 0 saturated heterocycles. The second kappa shape index (κ2) is 5.40. The highest BCUT2D eigenvalue weighted by Gasteiger charge is 2.15. The van der Waals surface area contributed by atoms with Gasteiger partial charge in [-0.05, 0) is 0 Å². The Morgan fingerprint density at radius 3 is 1.86 bits per heavy atom. The molecule has 0 bridgehead atoms. The van der Waals surface area contributed by atoms with E-state index in [2.05, 4.69) is 27.5 Å². The van der Waals surface area contributed by atoms with Gasteiger partial charge in [0.05, 0.1) is 34.9 Å². The number of aliphatic imine (C=N–C) groups is 1. The van der Waals surface area contributed by atoms with Crippen molar-refractivity contribution in [3.05, 3.63) is 0 Å². The van der Waals surface area contributed by atoms with Crippen LogP contribution in [0, 0.1) is 0 Å². The van der Waals surface area contributed by atoms with Crippen molar-refractivity contribution in [1.29, 1.82) is 0 Å². The Hall–Kier alpha value is -0.500. The molecular weight excluding hydrogens is 208 g/mol. The normalized spacial score (nSPS) is 18.9. The van der Waals surface area contributed by atoms with Gasteiger partial charge in [0.2, 0.25) is 0 Å². The molecule has 0 fully saturated rings. The Kier molecular flexibility index (Phi) is 5.21. The maximum Gasteiger partial charge on any atom is 0.399 e. The predicted molar refractivity (Wildman–Crippen MR) is 53.3 cm³/mol. The number of nitrogens with zero attached hydrogens (tertiary/aromatic N) is 2. The SMILES string of the molecule is COS(=O)(=O)OC.C[N+]1(C)C=NCC1. The molecule has 0 aromatic heterocycles. The number of hydrogen-bond donors (Lipinski definition) is 0. The third-order valence-corrected chi connectivity index (χ3v) is 2.42. The Bertz CT molecular complexity index is 274. The van der Waals surface area contributed by atoms with Crippen molar-refractivity contribution < 1.29 is 21.3 Å². The Morgan fingerprint density at radius 1 is 1.29 bits per heavy atom. The summed E-state index contributed by atoms with van der Waals surface area (Å²) < 4.78 is 28.5. The van der Waals surface area contributed by atoms with Crippen LogP contribution in [-0.2, 0) is 18.8 Å². The van der Waals surface area contributed by atoms with E-state index in [1.807, 2.05) is 6.34 Å². The lowest BCUT2D eigenvalue weighted by Crippen LogP contribution is -2.35. The van der Waals surface area contributed by atoms with Gasteiger partial charge in [-0.3, -0.25) is 12.8 Å². The fourth-order valence-electron chi connectivity index (χ4n) is 0.720. The molecule has 0 atom stereocenters. The van der Waals surface area contributed by atoms with E-state index in [9.17, 15) is 8.42 Å². The molecule has 0 unspecified atom stereocenters. The lowest BCUT2D eigenvalue weighted by molar-refractivity contribution is -0.784. The molecule has 0 aromatic carbocycles.